The highest BCUT2D eigenvalue weighted by Gasteiger charge is 2.03. The third-order valence-electron chi connectivity index (χ3n) is 1.89. The van der Waals surface area contributed by atoms with Crippen molar-refractivity contribution in [3.8, 4) is 0 Å². The summed E-state index contributed by atoms with van der Waals surface area (Å²) in [6.45, 7) is 4.68. The highest BCUT2D eigenvalue weighted by Crippen LogP contribution is 2.08. The zero-order chi connectivity index (χ0) is 11.7. The van der Waals surface area contributed by atoms with Gasteiger partial charge in [-0.3, -0.25) is 0 Å². The van der Waals surface area contributed by atoms with Crippen molar-refractivity contribution in [3.63, 3.8) is 0 Å². The molecule has 0 rings (SSSR count). The Bertz CT molecular complexity index is 209. The van der Waals surface area contributed by atoms with E-state index in [0.29, 0.717) is 18.3 Å². The van der Waals surface area contributed by atoms with Crippen LogP contribution in [0.3, 0.4) is 0 Å². The molecule has 0 aliphatic rings. The summed E-state index contributed by atoms with van der Waals surface area (Å²) < 4.78 is 4.72. The number of ether oxygens (including phenoxy) is 1. The summed E-state index contributed by atoms with van der Waals surface area (Å²) >= 11 is 0. The molecule has 15 heavy (non-hydrogen) atoms. The van der Waals surface area contributed by atoms with E-state index < -0.39 is 14.0 Å². The van der Waals surface area contributed by atoms with Crippen molar-refractivity contribution in [2.24, 2.45) is 5.92 Å². The van der Waals surface area contributed by atoms with Gasteiger partial charge in [0.1, 0.15) is 0 Å². The van der Waals surface area contributed by atoms with Crippen LogP contribution in [0.1, 0.15) is 39.5 Å². The lowest BCUT2D eigenvalue weighted by Gasteiger charge is -2.04. The zero-order valence-corrected chi connectivity index (χ0v) is 10.2. The largest absolute Gasteiger partial charge is 0.603 e. The second kappa shape index (κ2) is 8.84. The molecule has 0 aromatic carbocycles. The van der Waals surface area contributed by atoms with Gasteiger partial charge in [0, 0.05) is 0 Å². The van der Waals surface area contributed by atoms with Gasteiger partial charge in [0.15, 0.2) is 0 Å². The molecule has 0 bridgehead atoms. The summed E-state index contributed by atoms with van der Waals surface area (Å²) in [6, 6.07) is 0. The number of hydrogen-bond donors (Lipinski definition) is 1. The highest BCUT2D eigenvalue weighted by molar-refractivity contribution is 7.46. The minimum atomic E-state index is -2.53. The molecule has 0 aliphatic heterocycles. The Hall–Kier alpha value is -0.440. The third kappa shape index (κ3) is 11.5. The molecule has 0 heterocycles. The molecule has 0 amide bonds. The van der Waals surface area contributed by atoms with E-state index in [9.17, 15) is 9.69 Å². The van der Waals surface area contributed by atoms with Gasteiger partial charge in [-0.25, -0.2) is 4.79 Å². The predicted molar refractivity (Wildman–Crippen MR) is 59.5 cm³/mol. The SMILES string of the molecule is CC(C)CCCCCOC(=O)C=[P+]([O-])O. The van der Waals surface area contributed by atoms with Crippen molar-refractivity contribution in [2.45, 2.75) is 39.5 Å². The Morgan fingerprint density at radius 2 is 2.13 bits per heavy atom. The fraction of sp³-hybridized carbons (Fsp3) is 0.800. The maximum absolute atomic E-state index is 10.8. The van der Waals surface area contributed by atoms with E-state index in [4.69, 9.17) is 9.63 Å². The summed E-state index contributed by atoms with van der Waals surface area (Å²) in [6.07, 6.45) is 4.15. The first-order valence-electron chi connectivity index (χ1n) is 5.19. The first-order chi connectivity index (χ1) is 7.02. The van der Waals surface area contributed by atoms with E-state index in [2.05, 4.69) is 13.8 Å². The molecular formula is C10H19O4P. The molecule has 1 N–H and O–H groups in total. The molecule has 5 heteroatoms. The maximum Gasteiger partial charge on any atom is 0.376 e. The Balaban J connectivity index is 3.32. The molecule has 0 spiro atoms. The van der Waals surface area contributed by atoms with Crippen molar-refractivity contribution in [1.82, 2.24) is 0 Å². The van der Waals surface area contributed by atoms with Crippen LogP contribution in [0.25, 0.3) is 0 Å². The Labute approximate surface area is 91.8 Å². The number of unbranched alkanes of at least 4 members (excludes halogenated alkanes) is 2. The average molecular weight is 234 g/mol. The number of carbonyl (C=O) groups is 1. The van der Waals surface area contributed by atoms with Crippen molar-refractivity contribution >= 4 is 19.8 Å². The van der Waals surface area contributed by atoms with Crippen LogP contribution in [0.15, 0.2) is 0 Å². The van der Waals surface area contributed by atoms with Gasteiger partial charge in [0.05, 0.1) is 6.61 Å². The Morgan fingerprint density at radius 3 is 2.67 bits per heavy atom. The molecule has 0 radical (unpaired) electrons. The van der Waals surface area contributed by atoms with Gasteiger partial charge in [-0.1, -0.05) is 33.1 Å². The lowest BCUT2D eigenvalue weighted by molar-refractivity contribution is -0.167. The number of esters is 1. The van der Waals surface area contributed by atoms with E-state index in [1.54, 1.807) is 0 Å². The summed E-state index contributed by atoms with van der Waals surface area (Å²) in [5.41, 5.74) is 0. The van der Waals surface area contributed by atoms with Crippen LogP contribution in [-0.2, 0) is 9.53 Å². The molecule has 0 fully saturated rings. The van der Waals surface area contributed by atoms with Crippen LogP contribution >= 0.6 is 8.00 Å². The van der Waals surface area contributed by atoms with Crippen LogP contribution in [0.5, 0.6) is 0 Å². The minimum absolute atomic E-state index is 0.330. The summed E-state index contributed by atoms with van der Waals surface area (Å²) in [4.78, 5) is 29.4. The second-order valence-corrected chi connectivity index (χ2v) is 4.71. The van der Waals surface area contributed by atoms with Gasteiger partial charge in [0.25, 0.3) is 0 Å². The molecule has 0 saturated carbocycles. The molecule has 0 aromatic heterocycles. The lowest BCUT2D eigenvalue weighted by Crippen LogP contribution is -2.08. The quantitative estimate of drug-likeness (QED) is 0.408. The Morgan fingerprint density at radius 1 is 1.47 bits per heavy atom. The normalized spacial score (nSPS) is 11.9. The van der Waals surface area contributed by atoms with Gasteiger partial charge < -0.3 is 9.63 Å². The van der Waals surface area contributed by atoms with Gasteiger partial charge >= 0.3 is 5.97 Å². The molecule has 4 nitrogen and oxygen atoms in total. The number of rotatable bonds is 7. The van der Waals surface area contributed by atoms with Gasteiger partial charge in [-0.2, -0.15) is 4.89 Å². The molecule has 0 aliphatic carbocycles. The van der Waals surface area contributed by atoms with E-state index in [-0.39, 0.29) is 0 Å². The topological polar surface area (TPSA) is 69.6 Å². The van der Waals surface area contributed by atoms with Crippen molar-refractivity contribution in [3.05, 3.63) is 0 Å². The highest BCUT2D eigenvalue weighted by atomic mass is 31.1. The van der Waals surface area contributed by atoms with E-state index in [1.165, 1.54) is 6.42 Å². The molecule has 0 saturated heterocycles. The van der Waals surface area contributed by atoms with Crippen molar-refractivity contribution < 1.29 is 19.3 Å². The first kappa shape index (κ1) is 14.6. The van der Waals surface area contributed by atoms with Crippen LogP contribution in [0.2, 0.25) is 0 Å². The molecule has 1 unspecified atom stereocenters. The summed E-state index contributed by atoms with van der Waals surface area (Å²) in [5.74, 6) is 0.686. The fourth-order valence-corrected chi connectivity index (χ4v) is 1.39. The van der Waals surface area contributed by atoms with E-state index in [0.717, 1.165) is 19.3 Å². The van der Waals surface area contributed by atoms with Crippen molar-refractivity contribution in [1.29, 1.82) is 0 Å². The third-order valence-corrected chi connectivity index (χ3v) is 2.32. The summed E-state index contributed by atoms with van der Waals surface area (Å²) in [5, 5.41) is 0. The molecule has 1 atom stereocenters. The molecular weight excluding hydrogens is 215 g/mol. The lowest BCUT2D eigenvalue weighted by atomic mass is 10.1. The average Bonchev–Trinajstić information content (AvgIpc) is 2.09. The monoisotopic (exact) mass is 234 g/mol. The fourth-order valence-electron chi connectivity index (χ4n) is 1.13. The van der Waals surface area contributed by atoms with Gasteiger partial charge in [-0.05, 0) is 12.3 Å². The first-order valence-corrected chi connectivity index (χ1v) is 6.47. The maximum atomic E-state index is 10.8. The zero-order valence-electron chi connectivity index (χ0n) is 9.31. The second-order valence-electron chi connectivity index (χ2n) is 3.84. The minimum Gasteiger partial charge on any atom is -0.603 e. The van der Waals surface area contributed by atoms with Crippen molar-refractivity contribution in [2.75, 3.05) is 6.61 Å². The van der Waals surface area contributed by atoms with E-state index >= 15 is 0 Å². The summed E-state index contributed by atoms with van der Waals surface area (Å²) in [7, 11) is -2.53. The molecule has 88 valence electrons. The smallest absolute Gasteiger partial charge is 0.376 e. The molecule has 0 aromatic rings. The van der Waals surface area contributed by atoms with Crippen LogP contribution < -0.4 is 4.89 Å². The number of hydrogen-bond acceptors (Lipinski definition) is 4. The van der Waals surface area contributed by atoms with Crippen LogP contribution in [0, 0.1) is 5.92 Å². The van der Waals surface area contributed by atoms with Crippen LogP contribution in [0.4, 0.5) is 0 Å². The number of carbonyl (C=O) groups excluding carboxylic acids is 1. The standard InChI is InChI=1S/C10H19O4P/c1-9(2)6-4-3-5-7-14-10(11)8-15(12)13/h8-9H,3-7H2,1-2H3,(H,12,13). The van der Waals surface area contributed by atoms with Crippen LogP contribution in [-0.4, -0.2) is 23.3 Å². The Kier molecular flexibility index (Phi) is 8.58. The van der Waals surface area contributed by atoms with Gasteiger partial charge in [0.2, 0.25) is 13.8 Å². The van der Waals surface area contributed by atoms with Gasteiger partial charge in [-0.15, -0.1) is 0 Å². The predicted octanol–water partition coefficient (Wildman–Crippen LogP) is 1.21. The van der Waals surface area contributed by atoms with E-state index in [1.807, 2.05) is 0 Å².